The van der Waals surface area contributed by atoms with E-state index in [2.05, 4.69) is 16.8 Å². The lowest BCUT2D eigenvalue weighted by atomic mass is 10.1. The summed E-state index contributed by atoms with van der Waals surface area (Å²) in [5, 5.41) is 86.0. The first kappa shape index (κ1) is 75.0. The minimum atomic E-state index is -1.21. The van der Waals surface area contributed by atoms with E-state index in [0.29, 0.717) is 19.4 Å². The van der Waals surface area contributed by atoms with Crippen LogP contribution in [-0.4, -0.2) is 173 Å². The molecule has 1 fully saturated rings. The molecule has 0 radical (unpaired) electrons. The molecule has 1 heterocycles. The van der Waals surface area contributed by atoms with Gasteiger partial charge in [0.1, 0.15) is 48.0 Å². The Morgan fingerprint density at radius 1 is 0.589 bits per heavy atom. The van der Waals surface area contributed by atoms with Crippen molar-refractivity contribution in [1.82, 2.24) is 5.32 Å². The van der Waals surface area contributed by atoms with Gasteiger partial charge in [-0.1, -0.05) is 62.7 Å². The van der Waals surface area contributed by atoms with Gasteiger partial charge < -0.3 is 108 Å². The number of benzene rings is 2. The van der Waals surface area contributed by atoms with Crippen molar-refractivity contribution in [2.24, 2.45) is 57.5 Å². The van der Waals surface area contributed by atoms with E-state index in [-0.39, 0.29) is 37.1 Å². The summed E-state index contributed by atoms with van der Waals surface area (Å²) in [7, 11) is 0. The number of carbonyl (C=O) groups is 9. The summed E-state index contributed by atoms with van der Waals surface area (Å²) in [5.41, 5.74) is 47.1. The van der Waals surface area contributed by atoms with Crippen molar-refractivity contribution in [3.8, 4) is 5.75 Å². The summed E-state index contributed by atoms with van der Waals surface area (Å²) in [6.07, 6.45) is 3.32. The molecule has 1 amide bonds. The molecular formula is C44H78N10O19. The van der Waals surface area contributed by atoms with Crippen LogP contribution in [0.2, 0.25) is 0 Å². The summed E-state index contributed by atoms with van der Waals surface area (Å²) in [6, 6.07) is 9.95. The molecule has 8 atom stereocenters. The van der Waals surface area contributed by atoms with Crippen molar-refractivity contribution in [2.45, 2.75) is 121 Å². The second-order valence-corrected chi connectivity index (χ2v) is 15.6. The summed E-state index contributed by atoms with van der Waals surface area (Å²) < 4.78 is 0. The van der Waals surface area contributed by atoms with Gasteiger partial charge >= 0.3 is 47.8 Å². The Morgan fingerprint density at radius 3 is 1.23 bits per heavy atom. The van der Waals surface area contributed by atoms with Crippen molar-refractivity contribution in [3.63, 3.8) is 0 Å². The number of phenols is 1. The predicted molar refractivity (Wildman–Crippen MR) is 264 cm³/mol. The van der Waals surface area contributed by atoms with Crippen LogP contribution in [0.5, 0.6) is 5.75 Å². The van der Waals surface area contributed by atoms with Crippen LogP contribution in [0.1, 0.15) is 70.4 Å². The van der Waals surface area contributed by atoms with E-state index in [0.717, 1.165) is 43.4 Å². The maximum absolute atomic E-state index is 10.4. The SMILES string of the molecule is CC(C)[C@H](N)C(=O)O.C[C@@H](O)[C@H](N)C(=O)O.NC(=O)C[C@H](N)C(=O)O.NCC(=O)O.NCCCC[C@H](N)C(=O)O.N[C@@H](Cc1ccc(O)cc1)C(=O)O.N[C@@H](Cc1ccccc1)C(=O)O.O=C(O)[C@@H]1CCCN1. The van der Waals surface area contributed by atoms with Gasteiger partial charge in [-0.15, -0.1) is 0 Å². The number of primary amides is 1. The first-order valence-corrected chi connectivity index (χ1v) is 22.0. The van der Waals surface area contributed by atoms with Crippen LogP contribution >= 0.6 is 0 Å². The fraction of sp³-hybridized carbons (Fsp3) is 0.523. The number of hydrogen-bond acceptors (Lipinski definition) is 20. The van der Waals surface area contributed by atoms with Crippen LogP contribution in [0.25, 0.3) is 0 Å². The largest absolute Gasteiger partial charge is 0.508 e. The first-order chi connectivity index (χ1) is 33.7. The minimum Gasteiger partial charge on any atom is -0.508 e. The molecule has 29 nitrogen and oxygen atoms in total. The summed E-state index contributed by atoms with van der Waals surface area (Å²) >= 11 is 0. The van der Waals surface area contributed by atoms with Gasteiger partial charge in [-0.2, -0.15) is 0 Å². The number of hydrogen-bond donors (Lipinski definition) is 20. The molecule has 0 unspecified atom stereocenters. The molecule has 2 aromatic carbocycles. The number of unbranched alkanes of at least 4 members (excludes halogenated alkanes) is 1. The Labute approximate surface area is 421 Å². The van der Waals surface area contributed by atoms with E-state index in [1.807, 2.05) is 30.3 Å². The van der Waals surface area contributed by atoms with Gasteiger partial charge in [0.25, 0.3) is 0 Å². The zero-order chi connectivity index (χ0) is 58.0. The number of carbonyl (C=O) groups excluding carboxylic acids is 1. The van der Waals surface area contributed by atoms with Crippen molar-refractivity contribution in [1.29, 1.82) is 0 Å². The molecule has 0 spiro atoms. The maximum Gasteiger partial charge on any atom is 0.323 e. The van der Waals surface area contributed by atoms with Crippen LogP contribution in [0.4, 0.5) is 0 Å². The Bertz CT molecular complexity index is 1830. The number of phenolic OH excluding ortho intramolecular Hbond substituents is 1. The normalized spacial score (nSPS) is 14.6. The third kappa shape index (κ3) is 48.5. The number of rotatable bonds is 20. The number of carboxylic acids is 8. The van der Waals surface area contributed by atoms with Gasteiger partial charge in [0.05, 0.1) is 19.1 Å². The number of aliphatic hydroxyl groups is 1. The fourth-order valence-corrected chi connectivity index (χ4v) is 4.25. The van der Waals surface area contributed by atoms with Gasteiger partial charge in [-0.3, -0.25) is 43.2 Å². The van der Waals surface area contributed by atoms with Crippen LogP contribution in [0.3, 0.4) is 0 Å². The third-order valence-electron chi connectivity index (χ3n) is 8.69. The molecule has 1 aliphatic rings. The zero-order valence-corrected chi connectivity index (χ0v) is 41.0. The fourth-order valence-electron chi connectivity index (χ4n) is 4.25. The molecule has 0 aliphatic carbocycles. The topological polar surface area (TPSA) is 602 Å². The molecule has 29 heteroatoms. The van der Waals surface area contributed by atoms with Gasteiger partial charge in [-0.05, 0) is 87.7 Å². The Hall–Kier alpha value is -6.93. The molecule has 29 N–H and O–H groups in total. The lowest BCUT2D eigenvalue weighted by molar-refractivity contribution is -0.141. The van der Waals surface area contributed by atoms with Gasteiger partial charge in [-0.25, -0.2) is 0 Å². The van der Waals surface area contributed by atoms with Crippen molar-refractivity contribution in [2.75, 3.05) is 19.6 Å². The Kier molecular flexibility index (Phi) is 46.2. The zero-order valence-electron chi connectivity index (χ0n) is 41.0. The predicted octanol–water partition coefficient (Wildman–Crippen LogP) is -3.53. The third-order valence-corrected chi connectivity index (χ3v) is 8.69. The van der Waals surface area contributed by atoms with E-state index in [9.17, 15) is 43.2 Å². The highest BCUT2D eigenvalue weighted by Gasteiger charge is 2.20. The highest BCUT2D eigenvalue weighted by molar-refractivity contribution is 5.83. The number of nitrogens with two attached hydrogens (primary N) is 9. The van der Waals surface area contributed by atoms with E-state index < -0.39 is 96.0 Å². The second kappa shape index (κ2) is 45.0. The summed E-state index contributed by atoms with van der Waals surface area (Å²) in [5.74, 6) is -8.45. The number of aromatic hydroxyl groups is 1. The van der Waals surface area contributed by atoms with E-state index in [1.54, 1.807) is 26.0 Å². The lowest BCUT2D eigenvalue weighted by Gasteiger charge is -2.07. The second-order valence-electron chi connectivity index (χ2n) is 15.6. The minimum absolute atomic E-state index is 0.0208. The van der Waals surface area contributed by atoms with E-state index in [1.165, 1.54) is 19.1 Å². The molecule has 0 aromatic heterocycles. The molecule has 0 bridgehead atoms. The molecule has 2 aromatic rings. The summed E-state index contributed by atoms with van der Waals surface area (Å²) in [4.78, 5) is 90.1. The first-order valence-electron chi connectivity index (χ1n) is 22.0. The molecule has 418 valence electrons. The smallest absolute Gasteiger partial charge is 0.323 e. The lowest BCUT2D eigenvalue weighted by Crippen LogP contribution is -2.39. The molecule has 0 saturated carbocycles. The number of aliphatic hydroxyl groups excluding tert-OH is 1. The Balaban J connectivity index is -0.000000244. The van der Waals surface area contributed by atoms with Crippen molar-refractivity contribution < 1.29 is 94.2 Å². The molecule has 73 heavy (non-hydrogen) atoms. The number of aliphatic carboxylic acids is 8. The quantitative estimate of drug-likeness (QED) is 0.0572. The molecule has 1 aliphatic heterocycles. The Morgan fingerprint density at radius 2 is 1.00 bits per heavy atom. The average Bonchev–Trinajstić information content (AvgIpc) is 3.87. The molecular weight excluding hydrogens is 973 g/mol. The monoisotopic (exact) mass is 1050 g/mol. The van der Waals surface area contributed by atoms with Crippen LogP contribution in [0.15, 0.2) is 54.6 Å². The number of amides is 1. The number of carboxylic acid groups (broad SMARTS) is 8. The van der Waals surface area contributed by atoms with Crippen molar-refractivity contribution >= 4 is 53.7 Å². The van der Waals surface area contributed by atoms with Crippen molar-refractivity contribution in [3.05, 3.63) is 65.7 Å². The highest BCUT2D eigenvalue weighted by Crippen LogP contribution is 2.11. The van der Waals surface area contributed by atoms with Crippen LogP contribution in [0, 0.1) is 5.92 Å². The standard InChI is InChI=1S/C9H11NO3.C9H11NO2.C6H14N2O2.C5H9NO2.C5H11NO2.C4H8N2O3.C4H9NO3.C2H5NO2/c10-8(9(12)13)5-6-1-3-7(11)4-2-6;10-8(9(11)12)6-7-4-2-1-3-5-7;7-4-2-1-3-5(8)6(9)10;7-5(8)4-2-1-3-6-4;1-3(2)4(6)5(7)8;5-2(4(8)9)1-3(6)7;1-2(6)3(5)4(7)8;3-1-2(4)5/h1-4,8,11H,5,10H2,(H,12,13);1-5,8H,6,10H2,(H,11,12);5H,1-4,7-8H2,(H,9,10);4,6H,1-3H2,(H,7,8);3-4H,6H2,1-2H3,(H,7,8);2H,1,5H2,(H2,6,7)(H,8,9);2-3,6H,5H2,1H3,(H,7,8);1,3H2,(H,4,5)/t2*8-;5-;2*4-;2-;2-,3+;/m0000001./s1. The summed E-state index contributed by atoms with van der Waals surface area (Å²) in [6.45, 7) is 6.07. The average molecular weight is 1050 g/mol. The van der Waals surface area contributed by atoms with E-state index in [4.69, 9.17) is 91.2 Å². The van der Waals surface area contributed by atoms with Crippen LogP contribution in [-0.2, 0) is 56.0 Å². The maximum atomic E-state index is 10.4. The molecule has 3 rings (SSSR count). The van der Waals surface area contributed by atoms with Gasteiger partial charge in [0, 0.05) is 0 Å². The van der Waals surface area contributed by atoms with Gasteiger partial charge in [0.15, 0.2) is 0 Å². The molecule has 1 saturated heterocycles. The van der Waals surface area contributed by atoms with Gasteiger partial charge in [0.2, 0.25) is 5.91 Å². The number of nitrogens with one attached hydrogen (secondary N) is 1. The van der Waals surface area contributed by atoms with E-state index >= 15 is 0 Å². The highest BCUT2D eigenvalue weighted by atomic mass is 16.4. The van der Waals surface area contributed by atoms with Crippen LogP contribution < -0.4 is 56.9 Å².